The van der Waals surface area contributed by atoms with Crippen LogP contribution in [0.25, 0.3) is 0 Å². The lowest BCUT2D eigenvalue weighted by molar-refractivity contribution is -0.125. The lowest BCUT2D eigenvalue weighted by Crippen LogP contribution is -2.31. The van der Waals surface area contributed by atoms with Gasteiger partial charge in [-0.1, -0.05) is 44.2 Å². The van der Waals surface area contributed by atoms with Gasteiger partial charge in [0.2, 0.25) is 5.91 Å². The molecule has 0 heterocycles. The van der Waals surface area contributed by atoms with Crippen molar-refractivity contribution >= 4 is 5.91 Å². The van der Waals surface area contributed by atoms with Crippen molar-refractivity contribution in [3.8, 4) is 11.5 Å². The predicted octanol–water partition coefficient (Wildman–Crippen LogP) is 4.70. The molecule has 22 heavy (non-hydrogen) atoms. The van der Waals surface area contributed by atoms with Gasteiger partial charge in [-0.05, 0) is 43.2 Å². The summed E-state index contributed by atoms with van der Waals surface area (Å²) in [7, 11) is 0. The molecule has 3 nitrogen and oxygen atoms in total. The van der Waals surface area contributed by atoms with E-state index >= 15 is 0 Å². The van der Waals surface area contributed by atoms with Crippen LogP contribution in [0.3, 0.4) is 0 Å². The molecule has 0 saturated heterocycles. The van der Waals surface area contributed by atoms with Crippen LogP contribution < -0.4 is 10.1 Å². The molecule has 0 fully saturated rings. The van der Waals surface area contributed by atoms with Crippen LogP contribution in [0.1, 0.15) is 38.8 Å². The third-order valence-corrected chi connectivity index (χ3v) is 3.78. The third kappa shape index (κ3) is 4.35. The molecule has 0 aromatic heterocycles. The molecule has 0 spiro atoms. The first-order valence-corrected chi connectivity index (χ1v) is 7.73. The summed E-state index contributed by atoms with van der Waals surface area (Å²) in [5.41, 5.74) is 1.07. The molecule has 2 aromatic carbocycles. The summed E-state index contributed by atoms with van der Waals surface area (Å²) >= 11 is 0. The first kappa shape index (κ1) is 16.1. The smallest absolute Gasteiger partial charge is 0.223 e. The third-order valence-electron chi connectivity index (χ3n) is 3.78. The Kier molecular flexibility index (Phi) is 5.59. The quantitative estimate of drug-likeness (QED) is 0.839. The highest BCUT2D eigenvalue weighted by molar-refractivity contribution is 5.78. The van der Waals surface area contributed by atoms with Crippen LogP contribution in [0.15, 0.2) is 54.6 Å². The highest BCUT2D eigenvalue weighted by Crippen LogP contribution is 2.23. The van der Waals surface area contributed by atoms with Crippen LogP contribution in [0, 0.1) is 5.92 Å². The fourth-order valence-electron chi connectivity index (χ4n) is 2.07. The summed E-state index contributed by atoms with van der Waals surface area (Å²) in [6.07, 6.45) is 0.850. The van der Waals surface area contributed by atoms with Crippen molar-refractivity contribution in [1.29, 1.82) is 0 Å². The number of para-hydroxylation sites is 1. The molecule has 116 valence electrons. The van der Waals surface area contributed by atoms with Crippen LogP contribution in [0.4, 0.5) is 0 Å². The fourth-order valence-corrected chi connectivity index (χ4v) is 2.07. The number of ether oxygens (including phenoxy) is 1. The van der Waals surface area contributed by atoms with E-state index < -0.39 is 0 Å². The Balaban J connectivity index is 1.98. The summed E-state index contributed by atoms with van der Waals surface area (Å²) < 4.78 is 5.76. The molecule has 1 amide bonds. The molecule has 0 saturated carbocycles. The van der Waals surface area contributed by atoms with E-state index in [1.54, 1.807) is 0 Å². The van der Waals surface area contributed by atoms with E-state index in [-0.39, 0.29) is 17.9 Å². The second kappa shape index (κ2) is 7.64. The molecule has 2 rings (SSSR count). The number of hydrogen-bond acceptors (Lipinski definition) is 2. The van der Waals surface area contributed by atoms with Gasteiger partial charge in [0.25, 0.3) is 0 Å². The molecule has 0 aliphatic carbocycles. The first-order chi connectivity index (χ1) is 10.6. The van der Waals surface area contributed by atoms with Gasteiger partial charge in [0.1, 0.15) is 11.5 Å². The Morgan fingerprint density at radius 1 is 1.00 bits per heavy atom. The van der Waals surface area contributed by atoms with Gasteiger partial charge in [-0.3, -0.25) is 4.79 Å². The normalized spacial score (nSPS) is 13.2. The lowest BCUT2D eigenvalue weighted by atomic mass is 10.1. The molecular formula is C19H23NO2. The van der Waals surface area contributed by atoms with Crippen LogP contribution in [-0.2, 0) is 4.79 Å². The van der Waals surface area contributed by atoms with Gasteiger partial charge >= 0.3 is 0 Å². The maximum absolute atomic E-state index is 11.9. The number of rotatable bonds is 6. The minimum atomic E-state index is -0.00715. The van der Waals surface area contributed by atoms with E-state index in [0.717, 1.165) is 23.5 Å². The minimum Gasteiger partial charge on any atom is -0.457 e. The van der Waals surface area contributed by atoms with Crippen molar-refractivity contribution in [2.45, 2.75) is 33.2 Å². The van der Waals surface area contributed by atoms with E-state index in [1.165, 1.54) is 0 Å². The number of nitrogens with one attached hydrogen (secondary N) is 1. The van der Waals surface area contributed by atoms with Crippen LogP contribution in [0.2, 0.25) is 0 Å². The molecule has 0 bridgehead atoms. The second-order valence-electron chi connectivity index (χ2n) is 5.52. The molecule has 2 atom stereocenters. The van der Waals surface area contributed by atoms with Crippen LogP contribution in [-0.4, -0.2) is 5.91 Å². The van der Waals surface area contributed by atoms with Gasteiger partial charge in [0, 0.05) is 5.92 Å². The van der Waals surface area contributed by atoms with Gasteiger partial charge in [-0.15, -0.1) is 0 Å². The first-order valence-electron chi connectivity index (χ1n) is 7.73. The highest BCUT2D eigenvalue weighted by Gasteiger charge is 2.14. The van der Waals surface area contributed by atoms with Crippen molar-refractivity contribution in [2.24, 2.45) is 5.92 Å². The van der Waals surface area contributed by atoms with Gasteiger partial charge in [-0.25, -0.2) is 0 Å². The number of benzene rings is 2. The predicted molar refractivity (Wildman–Crippen MR) is 89.0 cm³/mol. The SMILES string of the molecule is CC[C@H](C)C(=O)N[C@H](C)c1ccc(Oc2ccccc2)cc1. The summed E-state index contributed by atoms with van der Waals surface area (Å²) in [6.45, 7) is 5.96. The van der Waals surface area contributed by atoms with E-state index in [4.69, 9.17) is 4.74 Å². The van der Waals surface area contributed by atoms with E-state index in [0.29, 0.717) is 0 Å². The van der Waals surface area contributed by atoms with E-state index in [2.05, 4.69) is 5.32 Å². The number of carbonyl (C=O) groups excluding carboxylic acids is 1. The molecule has 0 unspecified atom stereocenters. The fraction of sp³-hybridized carbons (Fsp3) is 0.316. The largest absolute Gasteiger partial charge is 0.457 e. The molecule has 0 aliphatic heterocycles. The summed E-state index contributed by atoms with van der Waals surface area (Å²) in [4.78, 5) is 11.9. The van der Waals surface area contributed by atoms with Crippen molar-refractivity contribution in [1.82, 2.24) is 5.32 Å². The van der Waals surface area contributed by atoms with E-state index in [9.17, 15) is 4.79 Å². The van der Waals surface area contributed by atoms with Crippen LogP contribution >= 0.6 is 0 Å². The second-order valence-corrected chi connectivity index (χ2v) is 5.52. The maximum atomic E-state index is 11.9. The van der Waals surface area contributed by atoms with Crippen LogP contribution in [0.5, 0.6) is 11.5 Å². The Hall–Kier alpha value is -2.29. The Morgan fingerprint density at radius 2 is 1.59 bits per heavy atom. The molecular weight excluding hydrogens is 274 g/mol. The zero-order chi connectivity index (χ0) is 15.9. The van der Waals surface area contributed by atoms with Crippen molar-refractivity contribution in [3.63, 3.8) is 0 Å². The summed E-state index contributed by atoms with van der Waals surface area (Å²) in [6, 6.07) is 17.5. The Morgan fingerprint density at radius 3 is 2.18 bits per heavy atom. The topological polar surface area (TPSA) is 38.3 Å². The van der Waals surface area contributed by atoms with Crippen molar-refractivity contribution in [2.75, 3.05) is 0 Å². The number of hydrogen-bond donors (Lipinski definition) is 1. The Labute approximate surface area is 132 Å². The molecule has 0 radical (unpaired) electrons. The maximum Gasteiger partial charge on any atom is 0.223 e. The van der Waals surface area contributed by atoms with E-state index in [1.807, 2.05) is 75.4 Å². The monoisotopic (exact) mass is 297 g/mol. The van der Waals surface area contributed by atoms with Gasteiger partial charge in [0.15, 0.2) is 0 Å². The Bertz CT molecular complexity index is 593. The molecule has 0 aliphatic rings. The number of carbonyl (C=O) groups is 1. The van der Waals surface area contributed by atoms with Gasteiger partial charge in [-0.2, -0.15) is 0 Å². The zero-order valence-corrected chi connectivity index (χ0v) is 13.4. The summed E-state index contributed by atoms with van der Waals surface area (Å²) in [5, 5.41) is 3.04. The zero-order valence-electron chi connectivity index (χ0n) is 13.4. The van der Waals surface area contributed by atoms with Gasteiger partial charge < -0.3 is 10.1 Å². The van der Waals surface area contributed by atoms with Gasteiger partial charge in [0.05, 0.1) is 6.04 Å². The standard InChI is InChI=1S/C19H23NO2/c1-4-14(2)19(21)20-15(3)16-10-12-18(13-11-16)22-17-8-6-5-7-9-17/h5-15H,4H2,1-3H3,(H,20,21)/t14-,15+/m0/s1. The average Bonchev–Trinajstić information content (AvgIpc) is 2.55. The molecule has 3 heteroatoms. The van der Waals surface area contributed by atoms with Crippen molar-refractivity contribution < 1.29 is 9.53 Å². The number of amides is 1. The molecule has 2 aromatic rings. The minimum absolute atomic E-state index is 0.00715. The summed E-state index contributed by atoms with van der Waals surface area (Å²) in [5.74, 6) is 1.74. The van der Waals surface area contributed by atoms with Crippen molar-refractivity contribution in [3.05, 3.63) is 60.2 Å². The molecule has 1 N–H and O–H groups in total. The highest BCUT2D eigenvalue weighted by atomic mass is 16.5. The average molecular weight is 297 g/mol. The lowest BCUT2D eigenvalue weighted by Gasteiger charge is -2.17.